The number of guanidine groups is 1. The summed E-state index contributed by atoms with van der Waals surface area (Å²) in [5, 5.41) is 6.31. The predicted molar refractivity (Wildman–Crippen MR) is 104 cm³/mol. The molecule has 0 bridgehead atoms. The molecular formula is C15H29F3IN3S. The van der Waals surface area contributed by atoms with Gasteiger partial charge in [-0.05, 0) is 46.3 Å². The van der Waals surface area contributed by atoms with E-state index in [1.165, 1.54) is 0 Å². The summed E-state index contributed by atoms with van der Waals surface area (Å²) >= 11 is 1.73. The molecule has 0 aromatic heterocycles. The van der Waals surface area contributed by atoms with Gasteiger partial charge in [0.15, 0.2) is 5.96 Å². The SMILES string of the molecule is CCNC(=NCC(C)(C)SC)NC1CCCC(C(F)(F)F)C1.I. The molecule has 1 fully saturated rings. The number of aliphatic imine (C=N–C) groups is 1. The second kappa shape index (κ2) is 10.2. The lowest BCUT2D eigenvalue weighted by Gasteiger charge is -2.32. The maximum Gasteiger partial charge on any atom is 0.391 e. The minimum atomic E-state index is -4.09. The topological polar surface area (TPSA) is 36.4 Å². The van der Waals surface area contributed by atoms with Crippen LogP contribution in [0, 0.1) is 5.92 Å². The quantitative estimate of drug-likeness (QED) is 0.357. The number of nitrogens with zero attached hydrogens (tertiary/aromatic N) is 1. The summed E-state index contributed by atoms with van der Waals surface area (Å²) in [5.74, 6) is -0.568. The molecule has 8 heteroatoms. The van der Waals surface area contributed by atoms with E-state index >= 15 is 0 Å². The molecule has 3 nitrogen and oxygen atoms in total. The van der Waals surface area contributed by atoms with Gasteiger partial charge in [-0.2, -0.15) is 24.9 Å². The number of hydrogen-bond acceptors (Lipinski definition) is 2. The van der Waals surface area contributed by atoms with E-state index in [1.54, 1.807) is 11.8 Å². The first-order chi connectivity index (χ1) is 10.2. The molecule has 0 saturated heterocycles. The van der Waals surface area contributed by atoms with Crippen molar-refractivity contribution < 1.29 is 13.2 Å². The van der Waals surface area contributed by atoms with Crippen LogP contribution in [0.1, 0.15) is 46.5 Å². The van der Waals surface area contributed by atoms with E-state index in [9.17, 15) is 13.2 Å². The Labute approximate surface area is 159 Å². The summed E-state index contributed by atoms with van der Waals surface area (Å²) in [6.45, 7) is 7.48. The molecule has 0 aliphatic heterocycles. The summed E-state index contributed by atoms with van der Waals surface area (Å²) in [7, 11) is 0. The average molecular weight is 467 g/mol. The molecular weight excluding hydrogens is 438 g/mol. The summed E-state index contributed by atoms with van der Waals surface area (Å²) < 4.78 is 38.6. The van der Waals surface area contributed by atoms with Gasteiger partial charge in [-0.25, -0.2) is 0 Å². The Morgan fingerprint density at radius 1 is 1.26 bits per heavy atom. The third kappa shape index (κ3) is 8.69. The van der Waals surface area contributed by atoms with Gasteiger partial charge >= 0.3 is 6.18 Å². The lowest BCUT2D eigenvalue weighted by atomic mass is 9.85. The Morgan fingerprint density at radius 2 is 1.91 bits per heavy atom. The van der Waals surface area contributed by atoms with Crippen LogP contribution in [0.4, 0.5) is 13.2 Å². The Balaban J connectivity index is 0.00000484. The van der Waals surface area contributed by atoms with Crippen LogP contribution in [0.5, 0.6) is 0 Å². The molecule has 0 aromatic carbocycles. The maximum atomic E-state index is 12.9. The lowest BCUT2D eigenvalue weighted by molar-refractivity contribution is -0.183. The summed E-state index contributed by atoms with van der Waals surface area (Å²) in [4.78, 5) is 4.53. The highest BCUT2D eigenvalue weighted by molar-refractivity contribution is 14.0. The number of thioether (sulfide) groups is 1. The number of nitrogens with one attached hydrogen (secondary N) is 2. The monoisotopic (exact) mass is 467 g/mol. The van der Waals surface area contributed by atoms with Gasteiger partial charge in [-0.3, -0.25) is 4.99 Å². The van der Waals surface area contributed by atoms with Gasteiger partial charge in [-0.15, -0.1) is 24.0 Å². The molecule has 0 amide bonds. The van der Waals surface area contributed by atoms with E-state index in [-0.39, 0.29) is 47.6 Å². The molecule has 1 aliphatic rings. The Morgan fingerprint density at radius 3 is 2.43 bits per heavy atom. The Hall–Kier alpha value is 0.140. The number of rotatable bonds is 5. The zero-order valence-corrected chi connectivity index (χ0v) is 17.4. The van der Waals surface area contributed by atoms with Crippen molar-refractivity contribution >= 4 is 41.7 Å². The van der Waals surface area contributed by atoms with Crippen molar-refractivity contribution in [1.82, 2.24) is 10.6 Å². The van der Waals surface area contributed by atoms with E-state index in [0.717, 1.165) is 6.42 Å². The van der Waals surface area contributed by atoms with Gasteiger partial charge in [-0.1, -0.05) is 6.42 Å². The molecule has 2 unspecified atom stereocenters. The second-order valence-electron chi connectivity index (χ2n) is 6.41. The van der Waals surface area contributed by atoms with Gasteiger partial charge in [0.05, 0.1) is 12.5 Å². The molecule has 1 rings (SSSR count). The zero-order chi connectivity index (χ0) is 16.8. The van der Waals surface area contributed by atoms with E-state index in [4.69, 9.17) is 0 Å². The molecule has 1 aliphatic carbocycles. The maximum absolute atomic E-state index is 12.9. The van der Waals surface area contributed by atoms with E-state index < -0.39 is 12.1 Å². The summed E-state index contributed by atoms with van der Waals surface area (Å²) in [5.41, 5.74) is 0. The van der Waals surface area contributed by atoms with E-state index in [2.05, 4.69) is 29.5 Å². The molecule has 138 valence electrons. The number of hydrogen-bond donors (Lipinski definition) is 2. The Bertz CT molecular complexity index is 375. The standard InChI is InChI=1S/C15H28F3N3S.HI/c1-5-19-13(20-10-14(2,3)22-4)21-12-8-6-7-11(9-12)15(16,17)18;/h11-12H,5-10H2,1-4H3,(H2,19,20,21);1H. The van der Waals surface area contributed by atoms with Crippen LogP contribution in [0.3, 0.4) is 0 Å². The van der Waals surface area contributed by atoms with Gasteiger partial charge in [0.2, 0.25) is 0 Å². The molecule has 0 heterocycles. The lowest BCUT2D eigenvalue weighted by Crippen LogP contribution is -2.47. The highest BCUT2D eigenvalue weighted by Gasteiger charge is 2.42. The number of halogens is 4. The molecule has 2 N–H and O–H groups in total. The first kappa shape index (κ1) is 23.1. The van der Waals surface area contributed by atoms with Crippen molar-refractivity contribution in [2.24, 2.45) is 10.9 Å². The zero-order valence-electron chi connectivity index (χ0n) is 14.3. The molecule has 2 atom stereocenters. The minimum Gasteiger partial charge on any atom is -0.357 e. The fraction of sp³-hybridized carbons (Fsp3) is 0.933. The average Bonchev–Trinajstić information content (AvgIpc) is 2.44. The molecule has 0 radical (unpaired) electrons. The summed E-state index contributed by atoms with van der Waals surface area (Å²) in [6, 6.07) is -0.157. The minimum absolute atomic E-state index is 0. The second-order valence-corrected chi connectivity index (χ2v) is 7.92. The van der Waals surface area contributed by atoms with Crippen molar-refractivity contribution in [2.45, 2.75) is 63.4 Å². The van der Waals surface area contributed by atoms with Crippen LogP contribution in [0.25, 0.3) is 0 Å². The van der Waals surface area contributed by atoms with Crippen LogP contribution in [0.2, 0.25) is 0 Å². The van der Waals surface area contributed by atoms with Gasteiger partial charge in [0.25, 0.3) is 0 Å². The van der Waals surface area contributed by atoms with Crippen molar-refractivity contribution in [3.8, 4) is 0 Å². The molecule has 0 aromatic rings. The molecule has 23 heavy (non-hydrogen) atoms. The highest BCUT2D eigenvalue weighted by Crippen LogP contribution is 2.37. The normalized spacial score (nSPS) is 23.2. The van der Waals surface area contributed by atoms with Crippen LogP contribution in [-0.4, -0.2) is 42.3 Å². The summed E-state index contributed by atoms with van der Waals surface area (Å²) in [6.07, 6.45) is -0.295. The predicted octanol–water partition coefficient (Wildman–Crippen LogP) is 4.42. The first-order valence-corrected chi connectivity index (χ1v) is 9.07. The fourth-order valence-electron chi connectivity index (χ4n) is 2.47. The van der Waals surface area contributed by atoms with Crippen LogP contribution < -0.4 is 10.6 Å². The van der Waals surface area contributed by atoms with Gasteiger partial charge in [0.1, 0.15) is 0 Å². The van der Waals surface area contributed by atoms with E-state index in [0.29, 0.717) is 25.5 Å². The fourth-order valence-corrected chi connectivity index (χ4v) is 2.66. The van der Waals surface area contributed by atoms with E-state index in [1.807, 2.05) is 13.2 Å². The Kier molecular flexibility index (Phi) is 10.3. The van der Waals surface area contributed by atoms with Crippen LogP contribution >= 0.6 is 35.7 Å². The first-order valence-electron chi connectivity index (χ1n) is 7.84. The number of alkyl halides is 3. The largest absolute Gasteiger partial charge is 0.391 e. The van der Waals surface area contributed by atoms with Gasteiger partial charge in [0, 0.05) is 17.3 Å². The smallest absolute Gasteiger partial charge is 0.357 e. The van der Waals surface area contributed by atoms with Crippen molar-refractivity contribution in [2.75, 3.05) is 19.3 Å². The van der Waals surface area contributed by atoms with Crippen molar-refractivity contribution in [3.63, 3.8) is 0 Å². The van der Waals surface area contributed by atoms with Crippen LogP contribution in [0.15, 0.2) is 4.99 Å². The van der Waals surface area contributed by atoms with Crippen LogP contribution in [-0.2, 0) is 0 Å². The molecule has 1 saturated carbocycles. The van der Waals surface area contributed by atoms with Crippen molar-refractivity contribution in [1.29, 1.82) is 0 Å². The third-order valence-electron chi connectivity index (χ3n) is 3.99. The molecule has 0 spiro atoms. The third-order valence-corrected chi connectivity index (χ3v) is 5.23. The highest BCUT2D eigenvalue weighted by atomic mass is 127. The van der Waals surface area contributed by atoms with Gasteiger partial charge < -0.3 is 10.6 Å². The van der Waals surface area contributed by atoms with Crippen molar-refractivity contribution in [3.05, 3.63) is 0 Å².